The van der Waals surface area contributed by atoms with Crippen molar-refractivity contribution in [2.75, 3.05) is 11.9 Å². The minimum Gasteiger partial charge on any atom is -0.320 e. The third kappa shape index (κ3) is 3.02. The SMILES string of the molecule is CCc1n[nH]c2c1CN(C(=O)Nc1cc(C)nn1[C@@H](C)CC)CC2. The molecule has 0 bridgehead atoms. The van der Waals surface area contributed by atoms with E-state index in [4.69, 9.17) is 0 Å². The van der Waals surface area contributed by atoms with Crippen LogP contribution in [0.3, 0.4) is 0 Å². The van der Waals surface area contributed by atoms with Crippen molar-refractivity contribution in [2.24, 2.45) is 0 Å². The smallest absolute Gasteiger partial charge is 0.320 e. The lowest BCUT2D eigenvalue weighted by Crippen LogP contribution is -2.39. The summed E-state index contributed by atoms with van der Waals surface area (Å²) in [5, 5.41) is 15.0. The fourth-order valence-corrected chi connectivity index (χ4v) is 3.13. The molecular weight excluding hydrogens is 304 g/mol. The highest BCUT2D eigenvalue weighted by atomic mass is 16.2. The van der Waals surface area contributed by atoms with E-state index in [1.807, 2.05) is 22.6 Å². The third-order valence-corrected chi connectivity index (χ3v) is 4.74. The van der Waals surface area contributed by atoms with Crippen LogP contribution in [-0.2, 0) is 19.4 Å². The molecule has 0 aliphatic carbocycles. The number of carbonyl (C=O) groups excluding carboxylic acids is 1. The zero-order valence-corrected chi connectivity index (χ0v) is 14.9. The molecule has 24 heavy (non-hydrogen) atoms. The van der Waals surface area contributed by atoms with Crippen LogP contribution in [0.5, 0.6) is 0 Å². The van der Waals surface area contributed by atoms with E-state index in [-0.39, 0.29) is 12.1 Å². The number of aromatic amines is 1. The molecule has 0 unspecified atom stereocenters. The Balaban J connectivity index is 1.75. The van der Waals surface area contributed by atoms with Gasteiger partial charge in [0.1, 0.15) is 5.82 Å². The molecule has 2 N–H and O–H groups in total. The number of urea groups is 1. The molecule has 0 saturated carbocycles. The van der Waals surface area contributed by atoms with Crippen molar-refractivity contribution in [1.82, 2.24) is 24.9 Å². The van der Waals surface area contributed by atoms with Crippen LogP contribution >= 0.6 is 0 Å². The number of amides is 2. The third-order valence-electron chi connectivity index (χ3n) is 4.74. The molecule has 1 aliphatic rings. The van der Waals surface area contributed by atoms with Crippen molar-refractivity contribution in [3.8, 4) is 0 Å². The van der Waals surface area contributed by atoms with Crippen LogP contribution in [0, 0.1) is 6.92 Å². The molecule has 1 aliphatic heterocycles. The first kappa shape index (κ1) is 16.5. The van der Waals surface area contributed by atoms with Crippen molar-refractivity contribution < 1.29 is 4.79 Å². The number of hydrogen-bond acceptors (Lipinski definition) is 3. The lowest BCUT2D eigenvalue weighted by atomic mass is 10.0. The highest BCUT2D eigenvalue weighted by Gasteiger charge is 2.25. The number of rotatable bonds is 4. The summed E-state index contributed by atoms with van der Waals surface area (Å²) in [5.41, 5.74) is 4.31. The van der Waals surface area contributed by atoms with Gasteiger partial charge in [0.05, 0.1) is 24.0 Å². The Morgan fingerprint density at radius 2 is 2.25 bits per heavy atom. The monoisotopic (exact) mass is 330 g/mol. The Morgan fingerprint density at radius 1 is 1.46 bits per heavy atom. The Kier molecular flexibility index (Phi) is 4.59. The lowest BCUT2D eigenvalue weighted by molar-refractivity contribution is 0.205. The standard InChI is InChI=1S/C17H26N6O/c1-5-12(4)23-16(9-11(3)21-23)18-17(24)22-8-7-15-13(10-22)14(6-2)19-20-15/h9,12H,5-8,10H2,1-4H3,(H,18,24)(H,19,20)/t12-/m0/s1. The van der Waals surface area contributed by atoms with Crippen LogP contribution in [0.1, 0.15) is 55.9 Å². The summed E-state index contributed by atoms with van der Waals surface area (Å²) in [4.78, 5) is 14.6. The molecule has 0 saturated heterocycles. The van der Waals surface area contributed by atoms with Crippen molar-refractivity contribution in [3.63, 3.8) is 0 Å². The minimum atomic E-state index is -0.0756. The second-order valence-electron chi connectivity index (χ2n) is 6.46. The number of nitrogens with one attached hydrogen (secondary N) is 2. The van der Waals surface area contributed by atoms with E-state index in [1.165, 1.54) is 5.56 Å². The second-order valence-corrected chi connectivity index (χ2v) is 6.46. The molecule has 7 heteroatoms. The summed E-state index contributed by atoms with van der Waals surface area (Å²) in [6.45, 7) is 9.56. The Bertz CT molecular complexity index is 718. The lowest BCUT2D eigenvalue weighted by Gasteiger charge is -2.27. The highest BCUT2D eigenvalue weighted by Crippen LogP contribution is 2.23. The molecular formula is C17H26N6O. The first-order chi connectivity index (χ1) is 11.5. The van der Waals surface area contributed by atoms with Gasteiger partial charge in [0.2, 0.25) is 0 Å². The largest absolute Gasteiger partial charge is 0.323 e. The average molecular weight is 330 g/mol. The maximum Gasteiger partial charge on any atom is 0.323 e. The molecule has 2 aromatic rings. The molecule has 0 radical (unpaired) electrons. The van der Waals surface area contributed by atoms with Crippen LogP contribution in [0.25, 0.3) is 0 Å². The van der Waals surface area contributed by atoms with Gasteiger partial charge in [0.25, 0.3) is 0 Å². The zero-order valence-electron chi connectivity index (χ0n) is 14.9. The first-order valence-electron chi connectivity index (χ1n) is 8.70. The molecule has 3 heterocycles. The molecule has 3 rings (SSSR count). The number of aryl methyl sites for hydroxylation is 2. The van der Waals surface area contributed by atoms with E-state index < -0.39 is 0 Å². The molecule has 0 aromatic carbocycles. The van der Waals surface area contributed by atoms with Gasteiger partial charge in [0, 0.05) is 30.3 Å². The predicted molar refractivity (Wildman–Crippen MR) is 93.1 cm³/mol. The van der Waals surface area contributed by atoms with Gasteiger partial charge in [-0.2, -0.15) is 10.2 Å². The average Bonchev–Trinajstić information content (AvgIpc) is 3.16. The Morgan fingerprint density at radius 3 is 2.96 bits per heavy atom. The number of aromatic nitrogens is 4. The van der Waals surface area contributed by atoms with Crippen molar-refractivity contribution in [2.45, 2.75) is 59.5 Å². The number of nitrogens with zero attached hydrogens (tertiary/aromatic N) is 4. The molecule has 2 aromatic heterocycles. The summed E-state index contributed by atoms with van der Waals surface area (Å²) in [5.74, 6) is 0.764. The van der Waals surface area contributed by atoms with E-state index in [1.54, 1.807) is 0 Å². The maximum atomic E-state index is 12.7. The van der Waals surface area contributed by atoms with Crippen LogP contribution in [0.2, 0.25) is 0 Å². The quantitative estimate of drug-likeness (QED) is 0.904. The van der Waals surface area contributed by atoms with Crippen LogP contribution in [0.4, 0.5) is 10.6 Å². The number of carbonyl (C=O) groups is 1. The topological polar surface area (TPSA) is 78.8 Å². The minimum absolute atomic E-state index is 0.0756. The second kappa shape index (κ2) is 6.67. The van der Waals surface area contributed by atoms with Gasteiger partial charge < -0.3 is 4.90 Å². The van der Waals surface area contributed by atoms with E-state index in [0.29, 0.717) is 13.1 Å². The van der Waals surface area contributed by atoms with Crippen molar-refractivity contribution in [3.05, 3.63) is 28.7 Å². The zero-order chi connectivity index (χ0) is 17.3. The van der Waals surface area contributed by atoms with E-state index in [9.17, 15) is 4.79 Å². The summed E-state index contributed by atoms with van der Waals surface area (Å²) in [6.07, 6.45) is 2.66. The van der Waals surface area contributed by atoms with Crippen molar-refractivity contribution in [1.29, 1.82) is 0 Å². The van der Waals surface area contributed by atoms with Crippen molar-refractivity contribution >= 4 is 11.8 Å². The molecule has 7 nitrogen and oxygen atoms in total. The first-order valence-corrected chi connectivity index (χ1v) is 8.70. The van der Waals surface area contributed by atoms with E-state index in [2.05, 4.69) is 41.4 Å². The Hall–Kier alpha value is -2.31. The number of hydrogen-bond donors (Lipinski definition) is 2. The summed E-state index contributed by atoms with van der Waals surface area (Å²) >= 11 is 0. The predicted octanol–water partition coefficient (Wildman–Crippen LogP) is 3.04. The fraction of sp³-hybridized carbons (Fsp3) is 0.588. The van der Waals surface area contributed by atoms with Crippen LogP contribution in [0.15, 0.2) is 6.07 Å². The number of H-pyrrole nitrogens is 1. The van der Waals surface area contributed by atoms with Gasteiger partial charge in [-0.05, 0) is 26.7 Å². The molecule has 1 atom stereocenters. The summed E-state index contributed by atoms with van der Waals surface area (Å²) in [6, 6.07) is 2.10. The van der Waals surface area contributed by atoms with Gasteiger partial charge in [-0.3, -0.25) is 10.4 Å². The molecule has 2 amide bonds. The van der Waals surface area contributed by atoms with E-state index >= 15 is 0 Å². The molecule has 130 valence electrons. The fourth-order valence-electron chi connectivity index (χ4n) is 3.13. The van der Waals surface area contributed by atoms with Gasteiger partial charge in [-0.1, -0.05) is 13.8 Å². The van der Waals surface area contributed by atoms with Gasteiger partial charge >= 0.3 is 6.03 Å². The molecule has 0 fully saturated rings. The number of fused-ring (bicyclic) bond motifs is 1. The van der Waals surface area contributed by atoms with E-state index in [0.717, 1.165) is 42.2 Å². The van der Waals surface area contributed by atoms with Crippen LogP contribution < -0.4 is 5.32 Å². The van der Waals surface area contributed by atoms with Gasteiger partial charge in [-0.25, -0.2) is 9.48 Å². The Labute approximate surface area is 142 Å². The van der Waals surface area contributed by atoms with Crippen LogP contribution in [-0.4, -0.2) is 37.5 Å². The van der Waals surface area contributed by atoms with Gasteiger partial charge in [-0.15, -0.1) is 0 Å². The highest BCUT2D eigenvalue weighted by molar-refractivity contribution is 5.88. The molecule has 0 spiro atoms. The maximum absolute atomic E-state index is 12.7. The normalized spacial score (nSPS) is 15.2. The van der Waals surface area contributed by atoms with Gasteiger partial charge in [0.15, 0.2) is 0 Å². The summed E-state index contributed by atoms with van der Waals surface area (Å²) in [7, 11) is 0. The summed E-state index contributed by atoms with van der Waals surface area (Å²) < 4.78 is 1.90. The number of anilines is 1.